The number of fused-ring (bicyclic) bond motifs is 3. The zero-order valence-electron chi connectivity index (χ0n) is 21.2. The van der Waals surface area contributed by atoms with Gasteiger partial charge in [-0.2, -0.15) is 0 Å². The van der Waals surface area contributed by atoms with Crippen molar-refractivity contribution in [2.45, 2.75) is 25.5 Å². The molecule has 6 heteroatoms. The van der Waals surface area contributed by atoms with E-state index in [4.69, 9.17) is 0 Å². The van der Waals surface area contributed by atoms with E-state index >= 15 is 0 Å². The van der Waals surface area contributed by atoms with Gasteiger partial charge in [-0.1, -0.05) is 60.2 Å². The van der Waals surface area contributed by atoms with Crippen molar-refractivity contribution in [2.24, 2.45) is 0 Å². The highest BCUT2D eigenvalue weighted by atomic mass is 16.3. The van der Waals surface area contributed by atoms with Gasteiger partial charge in [0.25, 0.3) is 11.8 Å². The van der Waals surface area contributed by atoms with Gasteiger partial charge in [0.2, 0.25) is 0 Å². The molecule has 2 aliphatic heterocycles. The van der Waals surface area contributed by atoms with E-state index in [1.165, 1.54) is 0 Å². The van der Waals surface area contributed by atoms with E-state index in [1.54, 1.807) is 29.2 Å². The van der Waals surface area contributed by atoms with Gasteiger partial charge < -0.3 is 20.2 Å². The largest absolute Gasteiger partial charge is 0.391 e. The van der Waals surface area contributed by atoms with Crippen molar-refractivity contribution in [3.8, 4) is 11.1 Å². The number of anilines is 3. The molecule has 2 amide bonds. The Morgan fingerprint density at radius 1 is 0.816 bits per heavy atom. The van der Waals surface area contributed by atoms with E-state index in [9.17, 15) is 14.7 Å². The molecule has 1 saturated heterocycles. The molecule has 2 heterocycles. The second-order valence-corrected chi connectivity index (χ2v) is 10.0. The van der Waals surface area contributed by atoms with E-state index < -0.39 is 0 Å². The molecule has 6 nitrogen and oxygen atoms in total. The van der Waals surface area contributed by atoms with Crippen LogP contribution in [0.25, 0.3) is 11.1 Å². The number of aliphatic hydroxyl groups excluding tert-OH is 1. The van der Waals surface area contributed by atoms with Crippen LogP contribution >= 0.6 is 0 Å². The van der Waals surface area contributed by atoms with Gasteiger partial charge in [0.05, 0.1) is 17.5 Å². The van der Waals surface area contributed by atoms with E-state index in [1.807, 2.05) is 79.7 Å². The molecule has 190 valence electrons. The van der Waals surface area contributed by atoms with Crippen LogP contribution in [-0.4, -0.2) is 42.2 Å². The zero-order valence-corrected chi connectivity index (χ0v) is 21.2. The summed E-state index contributed by atoms with van der Waals surface area (Å²) >= 11 is 0. The van der Waals surface area contributed by atoms with Crippen LogP contribution in [0, 0.1) is 6.92 Å². The summed E-state index contributed by atoms with van der Waals surface area (Å²) in [5.41, 5.74) is 6.60. The Labute approximate surface area is 222 Å². The van der Waals surface area contributed by atoms with Crippen molar-refractivity contribution in [1.29, 1.82) is 0 Å². The molecule has 0 bridgehead atoms. The van der Waals surface area contributed by atoms with Gasteiger partial charge in [0, 0.05) is 35.9 Å². The molecule has 2 N–H and O–H groups in total. The van der Waals surface area contributed by atoms with Gasteiger partial charge in [0.15, 0.2) is 0 Å². The lowest BCUT2D eigenvalue weighted by Gasteiger charge is -2.40. The third kappa shape index (κ3) is 4.44. The van der Waals surface area contributed by atoms with E-state index in [-0.39, 0.29) is 24.0 Å². The smallest absolute Gasteiger partial charge is 0.258 e. The highest BCUT2D eigenvalue weighted by molar-refractivity contribution is 6.10. The molecule has 0 aliphatic carbocycles. The standard InChI is InChI=1S/C32H29N3O3/c1-21-10-12-22(13-11-21)27-6-2-3-7-28(27)31(37)33-24-16-14-23(15-17-24)32(38)35-19-25-18-26(36)20-34(25)29-8-4-5-9-30(29)35/h2-17,25-26,36H,18-20H2,1H3,(H,33,37)/t25-,26-/m1/s1. The molecule has 0 saturated carbocycles. The van der Waals surface area contributed by atoms with Gasteiger partial charge in [-0.3, -0.25) is 9.59 Å². The van der Waals surface area contributed by atoms with Crippen LogP contribution in [-0.2, 0) is 0 Å². The van der Waals surface area contributed by atoms with Crippen molar-refractivity contribution in [3.05, 3.63) is 114 Å². The highest BCUT2D eigenvalue weighted by Gasteiger charge is 2.39. The van der Waals surface area contributed by atoms with Gasteiger partial charge in [0.1, 0.15) is 0 Å². The quantitative estimate of drug-likeness (QED) is 0.385. The first-order valence-corrected chi connectivity index (χ1v) is 12.9. The second kappa shape index (κ2) is 9.80. The summed E-state index contributed by atoms with van der Waals surface area (Å²) in [6, 6.07) is 30.6. The molecule has 0 spiro atoms. The fraction of sp³-hybridized carbons (Fsp3) is 0.188. The molecule has 38 heavy (non-hydrogen) atoms. The number of benzene rings is 4. The Bertz CT molecular complexity index is 1500. The minimum atomic E-state index is -0.387. The number of amides is 2. The highest BCUT2D eigenvalue weighted by Crippen LogP contribution is 2.40. The Morgan fingerprint density at radius 2 is 1.50 bits per heavy atom. The summed E-state index contributed by atoms with van der Waals surface area (Å²) in [6.07, 6.45) is 0.259. The van der Waals surface area contributed by atoms with E-state index in [0.29, 0.717) is 36.3 Å². The number of carbonyl (C=O) groups excluding carboxylic acids is 2. The Hall–Kier alpha value is -4.42. The first-order valence-electron chi connectivity index (χ1n) is 12.9. The lowest BCUT2D eigenvalue weighted by atomic mass is 9.98. The topological polar surface area (TPSA) is 72.9 Å². The summed E-state index contributed by atoms with van der Waals surface area (Å²) in [5, 5.41) is 13.2. The maximum Gasteiger partial charge on any atom is 0.258 e. The number of aliphatic hydroxyl groups is 1. The minimum absolute atomic E-state index is 0.0935. The number of hydrogen-bond acceptors (Lipinski definition) is 4. The first kappa shape index (κ1) is 23.9. The van der Waals surface area contributed by atoms with E-state index in [2.05, 4.69) is 10.2 Å². The van der Waals surface area contributed by atoms with Crippen LogP contribution in [0.4, 0.5) is 17.1 Å². The number of hydrogen-bond donors (Lipinski definition) is 2. The third-order valence-corrected chi connectivity index (χ3v) is 7.44. The summed E-state index contributed by atoms with van der Waals surface area (Å²) in [7, 11) is 0. The predicted molar refractivity (Wildman–Crippen MR) is 151 cm³/mol. The second-order valence-electron chi connectivity index (χ2n) is 10.0. The monoisotopic (exact) mass is 503 g/mol. The summed E-state index contributed by atoms with van der Waals surface area (Å²) in [5.74, 6) is -0.300. The molecule has 4 aromatic rings. The summed E-state index contributed by atoms with van der Waals surface area (Å²) in [6.45, 7) is 3.15. The number of para-hydroxylation sites is 2. The molecular weight excluding hydrogens is 474 g/mol. The van der Waals surface area contributed by atoms with Crippen molar-refractivity contribution in [1.82, 2.24) is 0 Å². The first-order chi connectivity index (χ1) is 18.5. The maximum atomic E-state index is 13.6. The summed E-state index contributed by atoms with van der Waals surface area (Å²) < 4.78 is 0. The van der Waals surface area contributed by atoms with E-state index in [0.717, 1.165) is 28.1 Å². The minimum Gasteiger partial charge on any atom is -0.391 e. The molecule has 2 atom stereocenters. The average molecular weight is 504 g/mol. The lowest BCUT2D eigenvalue weighted by molar-refractivity contribution is 0.0982. The number of nitrogens with zero attached hydrogens (tertiary/aromatic N) is 2. The van der Waals surface area contributed by atoms with Gasteiger partial charge in [-0.05, 0) is 66.9 Å². The van der Waals surface area contributed by atoms with Crippen LogP contribution in [0.2, 0.25) is 0 Å². The Morgan fingerprint density at radius 3 is 2.26 bits per heavy atom. The van der Waals surface area contributed by atoms with Crippen LogP contribution in [0.15, 0.2) is 97.1 Å². The van der Waals surface area contributed by atoms with Crippen LogP contribution in [0.1, 0.15) is 32.7 Å². The van der Waals surface area contributed by atoms with Crippen LogP contribution < -0.4 is 15.1 Å². The van der Waals surface area contributed by atoms with Crippen molar-refractivity contribution >= 4 is 28.9 Å². The zero-order chi connectivity index (χ0) is 26.2. The fourth-order valence-electron chi connectivity index (χ4n) is 5.51. The molecule has 6 rings (SSSR count). The Kier molecular flexibility index (Phi) is 6.18. The number of nitrogens with one attached hydrogen (secondary N) is 1. The predicted octanol–water partition coefficient (Wildman–Crippen LogP) is 5.51. The molecule has 0 radical (unpaired) electrons. The SMILES string of the molecule is Cc1ccc(-c2ccccc2C(=O)Nc2ccc(C(=O)N3C[C@H]4C[C@@H](O)CN4c4ccccc43)cc2)cc1. The third-order valence-electron chi connectivity index (χ3n) is 7.44. The van der Waals surface area contributed by atoms with Crippen molar-refractivity contribution in [3.63, 3.8) is 0 Å². The summed E-state index contributed by atoms with van der Waals surface area (Å²) in [4.78, 5) is 30.8. The Balaban J connectivity index is 1.21. The molecule has 0 aromatic heterocycles. The van der Waals surface area contributed by atoms with Crippen molar-refractivity contribution < 1.29 is 14.7 Å². The number of aryl methyl sites for hydroxylation is 1. The molecule has 2 aliphatic rings. The van der Waals surface area contributed by atoms with Gasteiger partial charge >= 0.3 is 0 Å². The molecule has 4 aromatic carbocycles. The average Bonchev–Trinajstić information content (AvgIpc) is 3.33. The normalized spacial score (nSPS) is 18.1. The lowest BCUT2D eigenvalue weighted by Crippen LogP contribution is -2.48. The molecule has 0 unspecified atom stereocenters. The number of rotatable bonds is 4. The molecule has 1 fully saturated rings. The van der Waals surface area contributed by atoms with Crippen LogP contribution in [0.3, 0.4) is 0 Å². The van der Waals surface area contributed by atoms with Gasteiger partial charge in [-0.25, -0.2) is 0 Å². The van der Waals surface area contributed by atoms with Crippen molar-refractivity contribution in [2.75, 3.05) is 28.2 Å². The van der Waals surface area contributed by atoms with Crippen LogP contribution in [0.5, 0.6) is 0 Å². The van der Waals surface area contributed by atoms with Gasteiger partial charge in [-0.15, -0.1) is 0 Å². The fourth-order valence-corrected chi connectivity index (χ4v) is 5.51. The number of carbonyl (C=O) groups is 2. The molecular formula is C32H29N3O3. The maximum absolute atomic E-state index is 13.6.